The summed E-state index contributed by atoms with van der Waals surface area (Å²) in [5.41, 5.74) is 1.07. The molecule has 6 nitrogen and oxygen atoms in total. The minimum absolute atomic E-state index is 0.195. The van der Waals surface area contributed by atoms with Crippen LogP contribution in [0.4, 0.5) is 10.1 Å². The minimum Gasteiger partial charge on any atom is -0.491 e. The van der Waals surface area contributed by atoms with E-state index in [0.717, 1.165) is 0 Å². The maximum Gasteiger partial charge on any atom is 0.257 e. The molecule has 0 saturated carbocycles. The topological polar surface area (TPSA) is 75.7 Å². The molecule has 26 heavy (non-hydrogen) atoms. The lowest BCUT2D eigenvalue weighted by molar-refractivity contribution is 0.0765. The molecule has 0 spiro atoms. The van der Waals surface area contributed by atoms with Crippen LogP contribution >= 0.6 is 0 Å². The number of ether oxygens (including phenoxy) is 1. The number of hydrogen-bond acceptors (Lipinski definition) is 4. The lowest BCUT2D eigenvalue weighted by atomic mass is 10.1. The lowest BCUT2D eigenvalue weighted by Gasteiger charge is -2.17. The van der Waals surface area contributed by atoms with Gasteiger partial charge in [0.25, 0.3) is 5.91 Å². The maximum absolute atomic E-state index is 12.9. The Morgan fingerprint density at radius 1 is 1.19 bits per heavy atom. The molecular formula is C18H19FN2O4S. The van der Waals surface area contributed by atoms with Crippen molar-refractivity contribution in [2.24, 2.45) is 0 Å². The number of fused-ring (bicyclic) bond motifs is 1. The zero-order valence-corrected chi connectivity index (χ0v) is 15.1. The number of benzene rings is 2. The number of nitrogens with zero attached hydrogens (tertiary/aromatic N) is 1. The van der Waals surface area contributed by atoms with Crippen LogP contribution in [0.15, 0.2) is 42.5 Å². The van der Waals surface area contributed by atoms with Crippen LogP contribution in [0, 0.1) is 5.82 Å². The van der Waals surface area contributed by atoms with Crippen LogP contribution in [-0.2, 0) is 15.8 Å². The van der Waals surface area contributed by atoms with Crippen molar-refractivity contribution in [2.75, 3.05) is 24.4 Å². The van der Waals surface area contributed by atoms with Gasteiger partial charge in [0.2, 0.25) is 10.0 Å². The molecule has 0 aromatic heterocycles. The van der Waals surface area contributed by atoms with Crippen LogP contribution in [-0.4, -0.2) is 38.9 Å². The van der Waals surface area contributed by atoms with Crippen molar-refractivity contribution in [2.45, 2.75) is 12.7 Å². The molecule has 138 valence electrons. The van der Waals surface area contributed by atoms with Crippen molar-refractivity contribution >= 4 is 21.6 Å². The second-order valence-corrected chi connectivity index (χ2v) is 7.65. The molecule has 0 fully saturated rings. The van der Waals surface area contributed by atoms with Gasteiger partial charge >= 0.3 is 0 Å². The molecule has 2 aromatic carbocycles. The van der Waals surface area contributed by atoms with E-state index in [-0.39, 0.29) is 17.3 Å². The summed E-state index contributed by atoms with van der Waals surface area (Å²) in [5.74, 6) is -0.480. The Hall–Kier alpha value is -2.61. The van der Waals surface area contributed by atoms with Crippen LogP contribution in [0.25, 0.3) is 0 Å². The van der Waals surface area contributed by atoms with Gasteiger partial charge in [0.15, 0.2) is 0 Å². The Kier molecular flexibility index (Phi) is 5.13. The van der Waals surface area contributed by atoms with E-state index in [2.05, 4.69) is 4.72 Å². The van der Waals surface area contributed by atoms with E-state index in [1.165, 1.54) is 30.3 Å². The highest BCUT2D eigenvalue weighted by Gasteiger charge is 2.23. The summed E-state index contributed by atoms with van der Waals surface area (Å²) in [5, 5.41) is 0. The predicted octanol–water partition coefficient (Wildman–Crippen LogP) is 2.62. The normalized spacial score (nSPS) is 14.4. The van der Waals surface area contributed by atoms with Gasteiger partial charge in [-0.25, -0.2) is 12.8 Å². The first-order chi connectivity index (χ1) is 12.4. The standard InChI is InChI=1S/C18H19FN2O4S/c1-2-21-9-10-25-17-8-7-15(11-16(17)18(21)22)20-26(23,24)12-13-3-5-14(19)6-4-13/h3-8,11,20H,2,9-10,12H2,1H3. The first kappa shape index (κ1) is 18.2. The number of sulfonamides is 1. The largest absolute Gasteiger partial charge is 0.491 e. The molecule has 0 bridgehead atoms. The van der Waals surface area contributed by atoms with Gasteiger partial charge in [0, 0.05) is 12.2 Å². The highest BCUT2D eigenvalue weighted by molar-refractivity contribution is 7.91. The lowest BCUT2D eigenvalue weighted by Crippen LogP contribution is -2.32. The third-order valence-electron chi connectivity index (χ3n) is 4.04. The van der Waals surface area contributed by atoms with Gasteiger partial charge in [-0.3, -0.25) is 9.52 Å². The Morgan fingerprint density at radius 3 is 2.62 bits per heavy atom. The number of halogens is 1. The quantitative estimate of drug-likeness (QED) is 0.868. The van der Waals surface area contributed by atoms with Crippen LogP contribution < -0.4 is 9.46 Å². The van der Waals surface area contributed by atoms with Crippen molar-refractivity contribution in [1.29, 1.82) is 0 Å². The molecule has 1 aliphatic rings. The van der Waals surface area contributed by atoms with Gasteiger partial charge in [0.1, 0.15) is 18.2 Å². The molecule has 0 atom stereocenters. The Balaban J connectivity index is 1.82. The molecule has 1 N–H and O–H groups in total. The maximum atomic E-state index is 12.9. The summed E-state index contributed by atoms with van der Waals surface area (Å²) in [6.45, 7) is 3.29. The summed E-state index contributed by atoms with van der Waals surface area (Å²) in [6.07, 6.45) is 0. The Morgan fingerprint density at radius 2 is 1.92 bits per heavy atom. The smallest absolute Gasteiger partial charge is 0.257 e. The molecule has 1 heterocycles. The number of anilines is 1. The number of carbonyl (C=O) groups is 1. The Bertz CT molecular complexity index is 913. The van der Waals surface area contributed by atoms with E-state index in [0.29, 0.717) is 36.6 Å². The van der Waals surface area contributed by atoms with E-state index in [4.69, 9.17) is 4.74 Å². The fourth-order valence-corrected chi connectivity index (χ4v) is 3.93. The van der Waals surface area contributed by atoms with E-state index in [1.54, 1.807) is 17.0 Å². The van der Waals surface area contributed by atoms with Gasteiger partial charge < -0.3 is 9.64 Å². The average molecular weight is 378 g/mol. The molecular weight excluding hydrogens is 359 g/mol. The number of hydrogen-bond donors (Lipinski definition) is 1. The van der Waals surface area contributed by atoms with Crippen LogP contribution in [0.5, 0.6) is 5.75 Å². The second kappa shape index (κ2) is 7.33. The average Bonchev–Trinajstić information content (AvgIpc) is 2.75. The second-order valence-electron chi connectivity index (χ2n) is 5.93. The minimum atomic E-state index is -3.71. The highest BCUT2D eigenvalue weighted by Crippen LogP contribution is 2.27. The number of amides is 1. The Labute approximate surface area is 151 Å². The summed E-state index contributed by atoms with van der Waals surface area (Å²) in [6, 6.07) is 9.88. The van der Waals surface area contributed by atoms with Gasteiger partial charge in [-0.2, -0.15) is 0 Å². The number of likely N-dealkylation sites (N-methyl/N-ethyl adjacent to an activating group) is 1. The number of rotatable bonds is 5. The van der Waals surface area contributed by atoms with Gasteiger partial charge in [0.05, 0.1) is 17.9 Å². The van der Waals surface area contributed by atoms with Crippen LogP contribution in [0.2, 0.25) is 0 Å². The summed E-state index contributed by atoms with van der Waals surface area (Å²) < 4.78 is 45.7. The SMILES string of the molecule is CCN1CCOc2ccc(NS(=O)(=O)Cc3ccc(F)cc3)cc2C1=O. The summed E-state index contributed by atoms with van der Waals surface area (Å²) >= 11 is 0. The van der Waals surface area contributed by atoms with Crippen molar-refractivity contribution in [3.05, 3.63) is 59.4 Å². The first-order valence-corrected chi connectivity index (χ1v) is 9.84. The predicted molar refractivity (Wildman–Crippen MR) is 96.2 cm³/mol. The van der Waals surface area contributed by atoms with Crippen LogP contribution in [0.1, 0.15) is 22.8 Å². The summed E-state index contributed by atoms with van der Waals surface area (Å²) in [4.78, 5) is 14.2. The van der Waals surface area contributed by atoms with E-state index >= 15 is 0 Å². The highest BCUT2D eigenvalue weighted by atomic mass is 32.2. The van der Waals surface area contributed by atoms with E-state index < -0.39 is 15.8 Å². The van der Waals surface area contributed by atoms with E-state index in [9.17, 15) is 17.6 Å². The first-order valence-electron chi connectivity index (χ1n) is 8.19. The molecule has 2 aromatic rings. The summed E-state index contributed by atoms with van der Waals surface area (Å²) in [7, 11) is -3.71. The molecule has 0 unspecified atom stereocenters. The molecule has 8 heteroatoms. The fourth-order valence-electron chi connectivity index (χ4n) is 2.74. The molecule has 3 rings (SSSR count). The van der Waals surface area contributed by atoms with Gasteiger partial charge in [-0.1, -0.05) is 12.1 Å². The van der Waals surface area contributed by atoms with Crippen molar-refractivity contribution < 1.29 is 22.3 Å². The van der Waals surface area contributed by atoms with Crippen molar-refractivity contribution in [1.82, 2.24) is 4.90 Å². The van der Waals surface area contributed by atoms with Gasteiger partial charge in [-0.05, 0) is 42.8 Å². The third kappa shape index (κ3) is 4.13. The molecule has 1 aliphatic heterocycles. The molecule has 0 saturated heterocycles. The zero-order chi connectivity index (χ0) is 18.7. The van der Waals surface area contributed by atoms with E-state index in [1.807, 2.05) is 6.92 Å². The fraction of sp³-hybridized carbons (Fsp3) is 0.278. The molecule has 0 aliphatic carbocycles. The molecule has 0 radical (unpaired) electrons. The number of nitrogens with one attached hydrogen (secondary N) is 1. The van der Waals surface area contributed by atoms with Gasteiger partial charge in [-0.15, -0.1) is 0 Å². The van der Waals surface area contributed by atoms with Crippen LogP contribution in [0.3, 0.4) is 0 Å². The molecule has 1 amide bonds. The number of carbonyl (C=O) groups excluding carboxylic acids is 1. The third-order valence-corrected chi connectivity index (χ3v) is 5.30. The van der Waals surface area contributed by atoms with Crippen molar-refractivity contribution in [3.63, 3.8) is 0 Å². The monoisotopic (exact) mass is 378 g/mol. The van der Waals surface area contributed by atoms with Crippen molar-refractivity contribution in [3.8, 4) is 5.75 Å². The zero-order valence-electron chi connectivity index (χ0n) is 14.2.